The highest BCUT2D eigenvalue weighted by atomic mass is 32.2. The van der Waals surface area contributed by atoms with E-state index in [2.05, 4.69) is 9.97 Å². The second kappa shape index (κ2) is 5.50. The van der Waals surface area contributed by atoms with Gasteiger partial charge in [0.05, 0.1) is 0 Å². The first-order valence-electron chi connectivity index (χ1n) is 5.16. The molecule has 0 saturated carbocycles. The van der Waals surface area contributed by atoms with Gasteiger partial charge in [-0.25, -0.2) is 9.78 Å². The van der Waals surface area contributed by atoms with E-state index in [1.807, 2.05) is 30.3 Å². The number of hydrogen-bond donors (Lipinski definition) is 2. The van der Waals surface area contributed by atoms with Crippen molar-refractivity contribution in [3.63, 3.8) is 0 Å². The molecule has 1 aromatic carbocycles. The van der Waals surface area contributed by atoms with Crippen LogP contribution in [0.5, 0.6) is 0 Å². The van der Waals surface area contributed by atoms with Crippen LogP contribution in [-0.2, 0) is 5.75 Å². The minimum atomic E-state index is -1.21. The third-order valence-corrected chi connectivity index (χ3v) is 3.10. The lowest BCUT2D eigenvalue weighted by Gasteiger charge is -2.01. The number of aromatic amines is 1. The number of H-pyrrole nitrogens is 1. The average molecular weight is 262 g/mol. The lowest BCUT2D eigenvalue weighted by atomic mass is 10.2. The van der Waals surface area contributed by atoms with Gasteiger partial charge in [0.1, 0.15) is 0 Å². The number of aromatic carboxylic acids is 1. The molecule has 0 fully saturated rings. The Morgan fingerprint density at radius 1 is 1.33 bits per heavy atom. The van der Waals surface area contributed by atoms with Crippen molar-refractivity contribution in [1.29, 1.82) is 0 Å². The van der Waals surface area contributed by atoms with E-state index in [1.165, 1.54) is 11.8 Å². The summed E-state index contributed by atoms with van der Waals surface area (Å²) in [5, 5.41) is 9.10. The Morgan fingerprint density at radius 3 is 2.72 bits per heavy atom. The highest BCUT2D eigenvalue weighted by Crippen LogP contribution is 2.17. The average Bonchev–Trinajstić information content (AvgIpc) is 2.37. The number of benzene rings is 1. The Labute approximate surface area is 107 Å². The second-order valence-corrected chi connectivity index (χ2v) is 4.48. The summed E-state index contributed by atoms with van der Waals surface area (Å²) in [7, 11) is 0. The second-order valence-electron chi connectivity index (χ2n) is 3.52. The van der Waals surface area contributed by atoms with Gasteiger partial charge in [-0.05, 0) is 5.56 Å². The maximum atomic E-state index is 11.3. The molecule has 0 unspecified atom stereocenters. The molecule has 0 amide bonds. The van der Waals surface area contributed by atoms with Gasteiger partial charge in [0.2, 0.25) is 0 Å². The van der Waals surface area contributed by atoms with Gasteiger partial charge in [0.25, 0.3) is 5.56 Å². The van der Waals surface area contributed by atoms with E-state index >= 15 is 0 Å². The van der Waals surface area contributed by atoms with Crippen LogP contribution in [-0.4, -0.2) is 21.0 Å². The fourth-order valence-corrected chi connectivity index (χ4v) is 2.17. The minimum Gasteiger partial charge on any atom is -0.477 e. The molecule has 1 heterocycles. The number of carboxylic acid groups (broad SMARTS) is 1. The van der Waals surface area contributed by atoms with Crippen molar-refractivity contribution in [2.75, 3.05) is 0 Å². The SMILES string of the molecule is O=C(O)c1cc(=O)[nH]c(SCc2ccccc2)n1. The Hall–Kier alpha value is -2.08. The van der Waals surface area contributed by atoms with E-state index in [4.69, 9.17) is 5.11 Å². The standard InChI is InChI=1S/C12H10N2O3S/c15-10-6-9(11(16)17)13-12(14-10)18-7-8-4-2-1-3-5-8/h1-6H,7H2,(H,16,17)(H,13,14,15). The molecule has 2 aromatic rings. The van der Waals surface area contributed by atoms with Crippen molar-refractivity contribution in [3.8, 4) is 0 Å². The summed E-state index contributed by atoms with van der Waals surface area (Å²) >= 11 is 1.29. The summed E-state index contributed by atoms with van der Waals surface area (Å²) in [6.07, 6.45) is 0. The van der Waals surface area contributed by atoms with Crippen molar-refractivity contribution in [2.45, 2.75) is 10.9 Å². The molecular weight excluding hydrogens is 252 g/mol. The van der Waals surface area contributed by atoms with Gasteiger partial charge in [-0.3, -0.25) is 4.79 Å². The van der Waals surface area contributed by atoms with Crippen molar-refractivity contribution < 1.29 is 9.90 Å². The number of aromatic nitrogens is 2. The third kappa shape index (κ3) is 3.21. The van der Waals surface area contributed by atoms with Crippen molar-refractivity contribution in [1.82, 2.24) is 9.97 Å². The van der Waals surface area contributed by atoms with E-state index < -0.39 is 11.5 Å². The van der Waals surface area contributed by atoms with E-state index in [0.29, 0.717) is 10.9 Å². The number of thioether (sulfide) groups is 1. The largest absolute Gasteiger partial charge is 0.477 e. The van der Waals surface area contributed by atoms with Gasteiger partial charge in [-0.1, -0.05) is 42.1 Å². The van der Waals surface area contributed by atoms with Crippen LogP contribution in [0.25, 0.3) is 0 Å². The molecule has 0 aliphatic heterocycles. The third-order valence-electron chi connectivity index (χ3n) is 2.16. The highest BCUT2D eigenvalue weighted by Gasteiger charge is 2.08. The van der Waals surface area contributed by atoms with Crippen LogP contribution in [0.3, 0.4) is 0 Å². The molecular formula is C12H10N2O3S. The Balaban J connectivity index is 2.15. The molecule has 0 aliphatic carbocycles. The Bertz CT molecular complexity index is 610. The van der Waals surface area contributed by atoms with Gasteiger partial charge in [-0.15, -0.1) is 0 Å². The quantitative estimate of drug-likeness (QED) is 0.648. The molecule has 2 N–H and O–H groups in total. The zero-order valence-electron chi connectivity index (χ0n) is 9.29. The molecule has 0 spiro atoms. The van der Waals surface area contributed by atoms with Crippen molar-refractivity contribution in [3.05, 3.63) is 58.0 Å². The van der Waals surface area contributed by atoms with Crippen LogP contribution in [0.1, 0.15) is 16.1 Å². The summed E-state index contributed by atoms with van der Waals surface area (Å²) in [6, 6.07) is 10.6. The lowest BCUT2D eigenvalue weighted by Crippen LogP contribution is -2.13. The molecule has 2 rings (SSSR count). The van der Waals surface area contributed by atoms with Crippen LogP contribution in [0.2, 0.25) is 0 Å². The normalized spacial score (nSPS) is 10.2. The Morgan fingerprint density at radius 2 is 2.06 bits per heavy atom. The first-order chi connectivity index (χ1) is 8.65. The number of nitrogens with one attached hydrogen (secondary N) is 1. The fourth-order valence-electron chi connectivity index (χ4n) is 1.34. The zero-order chi connectivity index (χ0) is 13.0. The maximum Gasteiger partial charge on any atom is 0.354 e. The van der Waals surface area contributed by atoms with Gasteiger partial charge in [0, 0.05) is 11.8 Å². The summed E-state index contributed by atoms with van der Waals surface area (Å²) in [6.45, 7) is 0. The number of carboxylic acids is 1. The molecule has 0 saturated heterocycles. The predicted octanol–water partition coefficient (Wildman–Crippen LogP) is 1.76. The molecule has 92 valence electrons. The zero-order valence-corrected chi connectivity index (χ0v) is 10.1. The number of hydrogen-bond acceptors (Lipinski definition) is 4. The van der Waals surface area contributed by atoms with E-state index in [0.717, 1.165) is 11.6 Å². The number of nitrogens with zero attached hydrogens (tertiary/aromatic N) is 1. The van der Waals surface area contributed by atoms with E-state index in [1.54, 1.807) is 0 Å². The summed E-state index contributed by atoms with van der Waals surface area (Å²) < 4.78 is 0. The van der Waals surface area contributed by atoms with E-state index in [9.17, 15) is 9.59 Å². The smallest absolute Gasteiger partial charge is 0.354 e. The van der Waals surface area contributed by atoms with Crippen LogP contribution in [0, 0.1) is 0 Å². The first-order valence-corrected chi connectivity index (χ1v) is 6.15. The molecule has 6 heteroatoms. The van der Waals surface area contributed by atoms with Gasteiger partial charge >= 0.3 is 5.97 Å². The topological polar surface area (TPSA) is 83.0 Å². The lowest BCUT2D eigenvalue weighted by molar-refractivity contribution is 0.0689. The first kappa shape index (κ1) is 12.4. The van der Waals surface area contributed by atoms with Gasteiger partial charge < -0.3 is 10.1 Å². The Kier molecular flexibility index (Phi) is 3.78. The van der Waals surface area contributed by atoms with Crippen molar-refractivity contribution >= 4 is 17.7 Å². The molecule has 1 aromatic heterocycles. The maximum absolute atomic E-state index is 11.3. The summed E-state index contributed by atoms with van der Waals surface area (Å²) in [5.74, 6) is -0.588. The highest BCUT2D eigenvalue weighted by molar-refractivity contribution is 7.98. The molecule has 0 bridgehead atoms. The van der Waals surface area contributed by atoms with Crippen molar-refractivity contribution in [2.24, 2.45) is 0 Å². The van der Waals surface area contributed by atoms with Crippen LogP contribution >= 0.6 is 11.8 Å². The molecule has 0 atom stereocenters. The molecule has 5 nitrogen and oxygen atoms in total. The summed E-state index contributed by atoms with van der Waals surface area (Å²) in [4.78, 5) is 28.4. The van der Waals surface area contributed by atoms with Gasteiger partial charge in [0.15, 0.2) is 10.9 Å². The number of carbonyl (C=O) groups is 1. The summed E-state index contributed by atoms with van der Waals surface area (Å²) in [5.41, 5.74) is 0.373. The fraction of sp³-hybridized carbons (Fsp3) is 0.0833. The van der Waals surface area contributed by atoms with E-state index in [-0.39, 0.29) is 5.69 Å². The monoisotopic (exact) mass is 262 g/mol. The number of rotatable bonds is 4. The molecule has 18 heavy (non-hydrogen) atoms. The molecule has 0 radical (unpaired) electrons. The van der Waals surface area contributed by atoms with Crippen LogP contribution in [0.4, 0.5) is 0 Å². The molecule has 0 aliphatic rings. The van der Waals surface area contributed by atoms with Crippen LogP contribution < -0.4 is 5.56 Å². The minimum absolute atomic E-state index is 0.241. The predicted molar refractivity (Wildman–Crippen MR) is 67.8 cm³/mol. The van der Waals surface area contributed by atoms with Gasteiger partial charge in [-0.2, -0.15) is 0 Å². The van der Waals surface area contributed by atoms with Crippen LogP contribution in [0.15, 0.2) is 46.3 Å².